The Labute approximate surface area is 509 Å². The molecular weight excluding hydrogens is 1000 g/mol. The van der Waals surface area contributed by atoms with Crippen LogP contribution in [0.4, 0.5) is 0 Å². The number of unbranched alkanes of at least 4 members (excludes halogenated alkanes) is 36. The maximum atomic E-state index is 12.4. The number of allylic oxidation sites excluding steroid dienone is 20. The van der Waals surface area contributed by atoms with E-state index in [1.54, 1.807) is 0 Å². The minimum Gasteiger partial charge on any atom is -0.462 e. The van der Waals surface area contributed by atoms with Gasteiger partial charge in [-0.1, -0.05) is 334 Å². The molecule has 1 atom stereocenters. The van der Waals surface area contributed by atoms with E-state index in [4.69, 9.17) is 9.47 Å². The van der Waals surface area contributed by atoms with Crippen LogP contribution in [-0.2, 0) is 19.1 Å². The summed E-state index contributed by atoms with van der Waals surface area (Å²) in [5.41, 5.74) is 0. The second-order valence-electron chi connectivity index (χ2n) is 23.2. The van der Waals surface area contributed by atoms with Crippen LogP contribution in [0.2, 0.25) is 0 Å². The fourth-order valence-electron chi connectivity index (χ4n) is 10.0. The summed E-state index contributed by atoms with van der Waals surface area (Å²) in [4.78, 5) is 24.7. The molecule has 0 heterocycles. The van der Waals surface area contributed by atoms with Gasteiger partial charge in [-0.15, -0.1) is 0 Å². The molecule has 0 aliphatic heterocycles. The van der Waals surface area contributed by atoms with E-state index in [1.807, 2.05) is 0 Å². The van der Waals surface area contributed by atoms with Crippen LogP contribution in [0, 0.1) is 0 Å². The molecule has 470 valence electrons. The molecule has 82 heavy (non-hydrogen) atoms. The highest BCUT2D eigenvalue weighted by Gasteiger charge is 2.16. The van der Waals surface area contributed by atoms with Gasteiger partial charge in [0.25, 0.3) is 0 Å². The smallest absolute Gasteiger partial charge is 0.306 e. The molecule has 0 aromatic carbocycles. The highest BCUT2D eigenvalue weighted by Crippen LogP contribution is 2.17. The van der Waals surface area contributed by atoms with E-state index in [9.17, 15) is 14.7 Å². The third kappa shape index (κ3) is 68.8. The van der Waals surface area contributed by atoms with Crippen LogP contribution in [0.5, 0.6) is 0 Å². The van der Waals surface area contributed by atoms with Gasteiger partial charge in [-0.05, 0) is 109 Å². The molecule has 1 unspecified atom stereocenters. The lowest BCUT2D eigenvalue weighted by Crippen LogP contribution is -2.28. The molecule has 0 aromatic rings. The van der Waals surface area contributed by atoms with Gasteiger partial charge in [-0.3, -0.25) is 9.59 Å². The first-order valence-electron chi connectivity index (χ1n) is 35.1. The SMILES string of the molecule is CC/C=C\C/C=C\C/C=C\C/C=C\C/C=C\C/C=C\C/C=C\C/C=C\C/C=C\CCCCCCCCCCCC(=O)OC(CO)COC(=O)CCCCCCCCCCCCCCCCCCCCC/C=C\CCCCCCCCCC. The molecule has 0 fully saturated rings. The van der Waals surface area contributed by atoms with Crippen LogP contribution in [0.3, 0.4) is 0 Å². The summed E-state index contributed by atoms with van der Waals surface area (Å²) in [6.07, 6.45) is 105. The summed E-state index contributed by atoms with van der Waals surface area (Å²) in [7, 11) is 0. The summed E-state index contributed by atoms with van der Waals surface area (Å²) < 4.78 is 10.8. The molecule has 0 radical (unpaired) electrons. The van der Waals surface area contributed by atoms with Crippen molar-refractivity contribution in [1.29, 1.82) is 0 Å². The average molecular weight is 1140 g/mol. The second-order valence-corrected chi connectivity index (χ2v) is 23.2. The van der Waals surface area contributed by atoms with E-state index in [1.165, 1.54) is 205 Å². The number of carbonyl (C=O) groups excluding carboxylic acids is 2. The number of hydrogen-bond donors (Lipinski definition) is 1. The quantitative estimate of drug-likeness (QED) is 0.0373. The molecule has 0 aromatic heterocycles. The molecule has 0 amide bonds. The fraction of sp³-hybridized carbons (Fsp3) is 0.714. The van der Waals surface area contributed by atoms with Gasteiger partial charge in [-0.2, -0.15) is 0 Å². The maximum absolute atomic E-state index is 12.4. The molecule has 0 rings (SSSR count). The van der Waals surface area contributed by atoms with Gasteiger partial charge >= 0.3 is 11.9 Å². The lowest BCUT2D eigenvalue weighted by Gasteiger charge is -2.15. The van der Waals surface area contributed by atoms with Gasteiger partial charge < -0.3 is 14.6 Å². The molecule has 0 saturated heterocycles. The zero-order valence-corrected chi connectivity index (χ0v) is 54.0. The van der Waals surface area contributed by atoms with Gasteiger partial charge in [0.15, 0.2) is 6.10 Å². The number of hydrogen-bond acceptors (Lipinski definition) is 5. The van der Waals surface area contributed by atoms with Crippen molar-refractivity contribution < 1.29 is 24.2 Å². The van der Waals surface area contributed by atoms with Crippen LogP contribution in [0.25, 0.3) is 0 Å². The predicted molar refractivity (Wildman–Crippen MR) is 362 cm³/mol. The first kappa shape index (κ1) is 78.3. The van der Waals surface area contributed by atoms with Gasteiger partial charge in [0, 0.05) is 12.8 Å². The minimum absolute atomic E-state index is 0.0709. The highest BCUT2D eigenvalue weighted by atomic mass is 16.6. The zero-order valence-electron chi connectivity index (χ0n) is 54.0. The zero-order chi connectivity index (χ0) is 59.1. The largest absolute Gasteiger partial charge is 0.462 e. The monoisotopic (exact) mass is 1140 g/mol. The average Bonchev–Trinajstić information content (AvgIpc) is 3.49. The van der Waals surface area contributed by atoms with Gasteiger partial charge in [0.1, 0.15) is 6.61 Å². The Balaban J connectivity index is 3.51. The van der Waals surface area contributed by atoms with Crippen LogP contribution >= 0.6 is 0 Å². The van der Waals surface area contributed by atoms with Crippen LogP contribution in [0.1, 0.15) is 335 Å². The van der Waals surface area contributed by atoms with E-state index < -0.39 is 6.10 Å². The van der Waals surface area contributed by atoms with E-state index in [0.29, 0.717) is 12.8 Å². The molecule has 0 saturated carbocycles. The minimum atomic E-state index is -0.783. The maximum Gasteiger partial charge on any atom is 0.306 e. The summed E-state index contributed by atoms with van der Waals surface area (Å²) in [6, 6.07) is 0. The molecule has 0 spiro atoms. The topological polar surface area (TPSA) is 72.8 Å². The lowest BCUT2D eigenvalue weighted by atomic mass is 10.0. The molecule has 5 nitrogen and oxygen atoms in total. The van der Waals surface area contributed by atoms with E-state index in [0.717, 1.165) is 103 Å². The number of aliphatic hydroxyl groups excluding tert-OH is 1. The molecular formula is C77H132O5. The fourth-order valence-corrected chi connectivity index (χ4v) is 10.0. The summed E-state index contributed by atoms with van der Waals surface area (Å²) in [6.45, 7) is 4.05. The molecule has 0 aliphatic carbocycles. The third-order valence-electron chi connectivity index (χ3n) is 15.2. The van der Waals surface area contributed by atoms with Crippen molar-refractivity contribution in [3.05, 3.63) is 122 Å². The van der Waals surface area contributed by atoms with Gasteiger partial charge in [0.2, 0.25) is 0 Å². The van der Waals surface area contributed by atoms with Crippen molar-refractivity contribution in [1.82, 2.24) is 0 Å². The van der Waals surface area contributed by atoms with E-state index in [2.05, 4.69) is 135 Å². The van der Waals surface area contributed by atoms with Crippen molar-refractivity contribution >= 4 is 11.9 Å². The van der Waals surface area contributed by atoms with Crippen molar-refractivity contribution in [2.24, 2.45) is 0 Å². The molecule has 1 N–H and O–H groups in total. The normalized spacial score (nSPS) is 13.0. The molecule has 0 aliphatic rings. The summed E-state index contributed by atoms with van der Waals surface area (Å²) in [5, 5.41) is 9.70. The Morgan fingerprint density at radius 3 is 0.805 bits per heavy atom. The standard InChI is InChI=1S/C77H132O5/c1-3-5-7-9-11-13-15-17-19-21-23-25-27-29-31-33-35-36-37-38-39-40-42-44-46-48-50-52-54-56-58-60-62-64-66-68-70-72-77(80)82-75(73-78)74-81-76(79)71-69-67-65-63-61-59-57-55-53-51-49-47-45-43-41-34-32-30-28-26-24-22-20-18-16-14-12-10-8-6-4-2/h5,7,11,13,17,19,22-25,29,31,35-36,38-39,42,44,48,50,75,78H,3-4,6,8-10,12,14-16,18,20-21,26-28,30,32-34,37,40-41,43,45-47,49,51-74H2,1-2H3/b7-5-,13-11-,19-17-,24-22-,25-23-,31-29-,36-35-,39-38-,44-42-,50-48-. The summed E-state index contributed by atoms with van der Waals surface area (Å²) >= 11 is 0. The van der Waals surface area contributed by atoms with Crippen LogP contribution in [0.15, 0.2) is 122 Å². The first-order chi connectivity index (χ1) is 40.6. The Morgan fingerprint density at radius 1 is 0.293 bits per heavy atom. The van der Waals surface area contributed by atoms with Crippen molar-refractivity contribution in [2.75, 3.05) is 13.2 Å². The number of ether oxygens (including phenoxy) is 2. The van der Waals surface area contributed by atoms with Crippen LogP contribution in [-0.4, -0.2) is 36.4 Å². The Hall–Kier alpha value is -3.70. The summed E-state index contributed by atoms with van der Waals surface area (Å²) in [5.74, 6) is -0.590. The number of rotatable bonds is 64. The van der Waals surface area contributed by atoms with Crippen molar-refractivity contribution in [3.63, 3.8) is 0 Å². The highest BCUT2D eigenvalue weighted by molar-refractivity contribution is 5.70. The number of aliphatic hydroxyl groups is 1. The lowest BCUT2D eigenvalue weighted by molar-refractivity contribution is -0.161. The van der Waals surface area contributed by atoms with E-state index >= 15 is 0 Å². The molecule has 5 heteroatoms. The number of esters is 2. The van der Waals surface area contributed by atoms with Gasteiger partial charge in [-0.25, -0.2) is 0 Å². The number of carbonyl (C=O) groups is 2. The predicted octanol–water partition coefficient (Wildman–Crippen LogP) is 24.5. The Bertz CT molecular complexity index is 1620. The second kappa shape index (κ2) is 71.6. The first-order valence-corrected chi connectivity index (χ1v) is 35.1. The van der Waals surface area contributed by atoms with Crippen LogP contribution < -0.4 is 0 Å². The Morgan fingerprint density at radius 2 is 0.524 bits per heavy atom. The third-order valence-corrected chi connectivity index (χ3v) is 15.2. The van der Waals surface area contributed by atoms with Gasteiger partial charge in [0.05, 0.1) is 6.61 Å². The molecule has 0 bridgehead atoms. The van der Waals surface area contributed by atoms with Crippen molar-refractivity contribution in [3.8, 4) is 0 Å². The van der Waals surface area contributed by atoms with E-state index in [-0.39, 0.29) is 25.2 Å². The van der Waals surface area contributed by atoms with Crippen molar-refractivity contribution in [2.45, 2.75) is 341 Å². The Kier molecular flexibility index (Phi) is 68.3.